The molecule has 4 N–H and O–H groups in total. The van der Waals surface area contributed by atoms with Gasteiger partial charge in [0.05, 0.1) is 12.1 Å². The first-order chi connectivity index (χ1) is 13.5. The highest BCUT2D eigenvalue weighted by Crippen LogP contribution is 2.28. The molecule has 0 fully saturated rings. The van der Waals surface area contributed by atoms with Crippen LogP contribution in [0.3, 0.4) is 0 Å². The molecule has 2 aromatic carbocycles. The average molecular weight is 398 g/mol. The lowest BCUT2D eigenvalue weighted by atomic mass is 10.0. The van der Waals surface area contributed by atoms with E-state index >= 15 is 0 Å². The largest absolute Gasteiger partial charge is 0.370 e. The van der Waals surface area contributed by atoms with Crippen molar-refractivity contribution in [2.75, 3.05) is 16.4 Å². The molecule has 0 saturated heterocycles. The summed E-state index contributed by atoms with van der Waals surface area (Å²) in [6.45, 7) is 0. The van der Waals surface area contributed by atoms with Crippen LogP contribution >= 0.6 is 11.8 Å². The summed E-state index contributed by atoms with van der Waals surface area (Å²) in [5.41, 5.74) is 8.96. The number of amides is 3. The minimum atomic E-state index is -0.333. The van der Waals surface area contributed by atoms with Crippen LogP contribution in [-0.4, -0.2) is 23.5 Å². The lowest BCUT2D eigenvalue weighted by molar-refractivity contribution is -0.118. The summed E-state index contributed by atoms with van der Waals surface area (Å²) >= 11 is 1.50. The fourth-order valence-corrected chi connectivity index (χ4v) is 4.03. The molecule has 0 bridgehead atoms. The summed E-state index contributed by atoms with van der Waals surface area (Å²) in [5, 5.41) is 5.77. The molecule has 1 heterocycles. The number of carbonyl (C=O) groups is 3. The number of primary amides is 1. The molecule has 1 aliphatic rings. The molecule has 0 aliphatic carbocycles. The molecule has 1 aliphatic heterocycles. The number of fused-ring (bicyclic) bond motifs is 1. The van der Waals surface area contributed by atoms with E-state index in [0.717, 1.165) is 40.2 Å². The first-order valence-electron chi connectivity index (χ1n) is 9.23. The number of carbonyl (C=O) groups excluding carboxylic acids is 3. The van der Waals surface area contributed by atoms with Gasteiger partial charge in [-0.2, -0.15) is 0 Å². The third-order valence-corrected chi connectivity index (χ3v) is 5.51. The summed E-state index contributed by atoms with van der Waals surface area (Å²) in [6, 6.07) is 13.5. The first kappa shape index (κ1) is 19.9. The average Bonchev–Trinajstić information content (AvgIpc) is 3.02. The van der Waals surface area contributed by atoms with Crippen molar-refractivity contribution in [3.8, 4) is 0 Å². The molecule has 0 saturated carbocycles. The van der Waals surface area contributed by atoms with E-state index in [2.05, 4.69) is 10.6 Å². The van der Waals surface area contributed by atoms with Crippen molar-refractivity contribution in [1.29, 1.82) is 0 Å². The van der Waals surface area contributed by atoms with Crippen LogP contribution in [0.25, 0.3) is 0 Å². The highest BCUT2D eigenvalue weighted by atomic mass is 32.2. The lowest BCUT2D eigenvalue weighted by Crippen LogP contribution is -2.13. The zero-order valence-electron chi connectivity index (χ0n) is 15.5. The van der Waals surface area contributed by atoms with Crippen molar-refractivity contribution >= 4 is 40.9 Å². The summed E-state index contributed by atoms with van der Waals surface area (Å²) in [4.78, 5) is 35.6. The van der Waals surface area contributed by atoms with Crippen LogP contribution < -0.4 is 16.4 Å². The van der Waals surface area contributed by atoms with Gasteiger partial charge >= 0.3 is 0 Å². The minimum absolute atomic E-state index is 0.0268. The number of hydrogen-bond acceptors (Lipinski definition) is 4. The Morgan fingerprint density at radius 3 is 2.79 bits per heavy atom. The van der Waals surface area contributed by atoms with Crippen LogP contribution in [0.4, 0.5) is 11.4 Å². The quantitative estimate of drug-likeness (QED) is 0.566. The highest BCUT2D eigenvalue weighted by Gasteiger charge is 2.17. The van der Waals surface area contributed by atoms with E-state index in [1.54, 1.807) is 0 Å². The van der Waals surface area contributed by atoms with Crippen molar-refractivity contribution < 1.29 is 14.4 Å². The lowest BCUT2D eigenvalue weighted by Gasteiger charge is -2.10. The normalized spacial score (nSPS) is 12.4. The highest BCUT2D eigenvalue weighted by molar-refractivity contribution is 7.99. The molecule has 7 heteroatoms. The molecule has 3 rings (SSSR count). The molecule has 0 spiro atoms. The summed E-state index contributed by atoms with van der Waals surface area (Å²) in [6.07, 6.45) is 2.64. The molecule has 0 unspecified atom stereocenters. The van der Waals surface area contributed by atoms with Gasteiger partial charge in [-0.15, -0.1) is 11.8 Å². The first-order valence-corrected chi connectivity index (χ1v) is 10.2. The van der Waals surface area contributed by atoms with E-state index in [0.29, 0.717) is 25.0 Å². The molecular formula is C21H23N3O3S. The second-order valence-electron chi connectivity index (χ2n) is 6.68. The summed E-state index contributed by atoms with van der Waals surface area (Å²) in [7, 11) is 0. The fraction of sp³-hybridized carbons (Fsp3) is 0.286. The van der Waals surface area contributed by atoms with Crippen molar-refractivity contribution in [1.82, 2.24) is 0 Å². The van der Waals surface area contributed by atoms with E-state index < -0.39 is 0 Å². The van der Waals surface area contributed by atoms with Crippen LogP contribution in [0, 0.1) is 0 Å². The number of thioether (sulfide) groups is 1. The fourth-order valence-electron chi connectivity index (χ4n) is 3.06. The topological polar surface area (TPSA) is 101 Å². The van der Waals surface area contributed by atoms with Gasteiger partial charge in [0, 0.05) is 29.2 Å². The summed E-state index contributed by atoms with van der Waals surface area (Å²) in [5.74, 6) is 0.235. The Balaban J connectivity index is 1.48. The van der Waals surface area contributed by atoms with E-state index in [4.69, 9.17) is 5.73 Å². The number of hydrogen-bond donors (Lipinski definition) is 3. The van der Waals surface area contributed by atoms with Crippen molar-refractivity contribution in [3.05, 3.63) is 53.6 Å². The van der Waals surface area contributed by atoms with Crippen LogP contribution in [0.1, 0.15) is 30.4 Å². The van der Waals surface area contributed by atoms with Gasteiger partial charge in [-0.3, -0.25) is 14.4 Å². The van der Waals surface area contributed by atoms with Crippen LogP contribution in [0.15, 0.2) is 47.4 Å². The van der Waals surface area contributed by atoms with Gasteiger partial charge in [-0.1, -0.05) is 24.3 Å². The second kappa shape index (κ2) is 9.41. The van der Waals surface area contributed by atoms with E-state index in [9.17, 15) is 14.4 Å². The number of nitrogens with one attached hydrogen (secondary N) is 2. The molecule has 0 atom stereocenters. The summed E-state index contributed by atoms with van der Waals surface area (Å²) < 4.78 is 0. The molecule has 0 radical (unpaired) electrons. The van der Waals surface area contributed by atoms with Gasteiger partial charge in [0.1, 0.15) is 0 Å². The third-order valence-electron chi connectivity index (χ3n) is 4.43. The Hall–Kier alpha value is -2.80. The van der Waals surface area contributed by atoms with E-state index in [1.165, 1.54) is 11.8 Å². The Bertz CT molecular complexity index is 898. The second-order valence-corrected chi connectivity index (χ2v) is 7.82. The number of rotatable bonds is 9. The number of para-hydroxylation sites is 1. The van der Waals surface area contributed by atoms with Gasteiger partial charge < -0.3 is 16.4 Å². The van der Waals surface area contributed by atoms with E-state index in [1.807, 2.05) is 42.5 Å². The Labute approximate surface area is 168 Å². The van der Waals surface area contributed by atoms with Crippen molar-refractivity contribution in [2.24, 2.45) is 5.73 Å². The molecule has 3 amide bonds. The van der Waals surface area contributed by atoms with Gasteiger partial charge in [0.25, 0.3) is 0 Å². The molecule has 6 nitrogen and oxygen atoms in total. The Kier molecular flexibility index (Phi) is 6.71. The molecular weight excluding hydrogens is 374 g/mol. The number of aryl methyl sites for hydroxylation is 1. The monoisotopic (exact) mass is 397 g/mol. The molecule has 146 valence electrons. The van der Waals surface area contributed by atoms with Crippen LogP contribution in [0.5, 0.6) is 0 Å². The van der Waals surface area contributed by atoms with Crippen LogP contribution in [-0.2, 0) is 27.2 Å². The van der Waals surface area contributed by atoms with Crippen LogP contribution in [0.2, 0.25) is 0 Å². The number of anilines is 2. The zero-order valence-corrected chi connectivity index (χ0v) is 16.3. The molecule has 2 aromatic rings. The minimum Gasteiger partial charge on any atom is -0.370 e. The van der Waals surface area contributed by atoms with Gasteiger partial charge in [0.15, 0.2) is 0 Å². The zero-order chi connectivity index (χ0) is 19.9. The number of benzene rings is 2. The third kappa shape index (κ3) is 5.60. The van der Waals surface area contributed by atoms with E-state index in [-0.39, 0.29) is 17.7 Å². The Morgan fingerprint density at radius 1 is 1.14 bits per heavy atom. The maximum Gasteiger partial charge on any atom is 0.228 e. The molecule has 0 aromatic heterocycles. The Morgan fingerprint density at radius 2 is 1.96 bits per heavy atom. The van der Waals surface area contributed by atoms with Gasteiger partial charge in [-0.05, 0) is 42.2 Å². The maximum atomic E-state index is 12.3. The molecule has 28 heavy (non-hydrogen) atoms. The van der Waals surface area contributed by atoms with Crippen molar-refractivity contribution in [3.63, 3.8) is 0 Å². The predicted molar refractivity (Wildman–Crippen MR) is 111 cm³/mol. The number of nitrogens with two attached hydrogens (primary N) is 1. The smallest absolute Gasteiger partial charge is 0.228 e. The SMILES string of the molecule is NC(=O)CCSc1ccccc1NC(=O)CCCc1ccc2c(c1)CC(=O)N2. The van der Waals surface area contributed by atoms with Crippen molar-refractivity contribution in [2.45, 2.75) is 37.0 Å². The maximum absolute atomic E-state index is 12.3. The van der Waals surface area contributed by atoms with Gasteiger partial charge in [0.2, 0.25) is 17.7 Å². The van der Waals surface area contributed by atoms with Gasteiger partial charge in [-0.25, -0.2) is 0 Å². The predicted octanol–water partition coefficient (Wildman–Crippen LogP) is 3.11. The standard InChI is InChI=1S/C21H23N3O3S/c22-19(25)10-11-28-18-6-2-1-5-17(18)24-20(26)7-3-4-14-8-9-16-15(12-14)13-21(27)23-16/h1-2,5-6,8-9,12H,3-4,7,10-11,13H2,(H2,22,25)(H,23,27)(H,24,26).